The van der Waals surface area contributed by atoms with E-state index < -0.39 is 11.9 Å². The van der Waals surface area contributed by atoms with Gasteiger partial charge in [0.1, 0.15) is 5.92 Å². The van der Waals surface area contributed by atoms with E-state index in [2.05, 4.69) is 33.3 Å². The third kappa shape index (κ3) is 3.85. The van der Waals surface area contributed by atoms with Crippen LogP contribution in [0.2, 0.25) is 0 Å². The fourth-order valence-electron chi connectivity index (χ4n) is 1.33. The maximum Gasteiger partial charge on any atom is 0.315 e. The number of hydrogen-bond acceptors (Lipinski definition) is 4. The zero-order chi connectivity index (χ0) is 13.0. The Morgan fingerprint density at radius 1 is 1.47 bits per heavy atom. The zero-order valence-electron chi connectivity index (χ0n) is 9.57. The van der Waals surface area contributed by atoms with Crippen molar-refractivity contribution in [2.45, 2.75) is 18.2 Å². The summed E-state index contributed by atoms with van der Waals surface area (Å²) in [5.74, 6) is -1.40. The predicted molar refractivity (Wildman–Crippen MR) is 71.3 cm³/mol. The molecule has 0 aliphatic carbocycles. The van der Waals surface area contributed by atoms with Crippen molar-refractivity contribution in [3.05, 3.63) is 28.2 Å². The number of carbonyl (C=O) groups is 2. The largest absolute Gasteiger partial charge is 0.468 e. The summed E-state index contributed by atoms with van der Waals surface area (Å²) < 4.78 is 5.35. The van der Waals surface area contributed by atoms with Crippen LogP contribution in [0, 0.1) is 5.92 Å². The van der Waals surface area contributed by atoms with Crippen LogP contribution in [-0.4, -0.2) is 18.9 Å². The molecule has 3 nitrogen and oxygen atoms in total. The first kappa shape index (κ1) is 14.3. The number of hydrogen-bond donors (Lipinski definition) is 1. The quantitative estimate of drug-likeness (QED) is 0.527. The number of Topliss-reactive ketones (excluding diaryl/α,β-unsaturated/α-hetero) is 1. The van der Waals surface area contributed by atoms with E-state index in [4.69, 9.17) is 0 Å². The number of rotatable bonds is 4. The highest BCUT2D eigenvalue weighted by atomic mass is 79.9. The lowest BCUT2D eigenvalue weighted by Gasteiger charge is -2.09. The van der Waals surface area contributed by atoms with Gasteiger partial charge in [0.05, 0.1) is 7.11 Å². The summed E-state index contributed by atoms with van der Waals surface area (Å²) in [6.45, 7) is 1.55. The number of ketones is 1. The van der Waals surface area contributed by atoms with Crippen molar-refractivity contribution in [2.75, 3.05) is 7.11 Å². The van der Waals surface area contributed by atoms with E-state index in [1.54, 1.807) is 13.0 Å². The molecule has 1 rings (SSSR count). The van der Waals surface area contributed by atoms with Gasteiger partial charge in [0.2, 0.25) is 0 Å². The fraction of sp³-hybridized carbons (Fsp3) is 0.333. The van der Waals surface area contributed by atoms with Gasteiger partial charge in [0.15, 0.2) is 5.78 Å². The molecule has 5 heteroatoms. The highest BCUT2D eigenvalue weighted by Crippen LogP contribution is 2.22. The Balaban J connectivity index is 2.78. The van der Waals surface area contributed by atoms with Crippen LogP contribution >= 0.6 is 28.6 Å². The number of methoxy groups -OCH3 is 1. The third-order valence-corrected chi connectivity index (χ3v) is 3.46. The number of benzene rings is 1. The second-order valence-corrected chi connectivity index (χ2v) is 5.03. The molecule has 0 bridgehead atoms. The van der Waals surface area contributed by atoms with E-state index in [0.29, 0.717) is 0 Å². The van der Waals surface area contributed by atoms with Crippen molar-refractivity contribution >= 4 is 40.3 Å². The lowest BCUT2D eigenvalue weighted by Crippen LogP contribution is -2.23. The molecule has 0 heterocycles. The van der Waals surface area contributed by atoms with E-state index in [1.165, 1.54) is 7.11 Å². The summed E-state index contributed by atoms with van der Waals surface area (Å²) in [5, 5.41) is 0. The summed E-state index contributed by atoms with van der Waals surface area (Å²) in [6.07, 6.45) is 0.199. The number of carbonyl (C=O) groups excluding carboxylic acids is 2. The summed E-state index contributed by atoms with van der Waals surface area (Å²) in [4.78, 5) is 23.8. The molecule has 0 saturated heterocycles. The molecule has 0 aliphatic rings. The van der Waals surface area contributed by atoms with Gasteiger partial charge in [-0.2, -0.15) is 0 Å². The topological polar surface area (TPSA) is 43.4 Å². The van der Waals surface area contributed by atoms with Crippen molar-refractivity contribution in [3.8, 4) is 0 Å². The van der Waals surface area contributed by atoms with Gasteiger partial charge < -0.3 is 4.74 Å². The molecule has 0 spiro atoms. The molecule has 0 aliphatic heterocycles. The first-order valence-corrected chi connectivity index (χ1v) is 6.27. The Labute approximate surface area is 114 Å². The Kier molecular flexibility index (Phi) is 5.21. The molecule has 92 valence electrons. The maximum atomic E-state index is 11.8. The lowest BCUT2D eigenvalue weighted by molar-refractivity contribution is -0.148. The van der Waals surface area contributed by atoms with Crippen LogP contribution in [0.3, 0.4) is 0 Å². The predicted octanol–water partition coefficient (Wildman–Crippen LogP) is 2.66. The fourth-order valence-corrected chi connectivity index (χ4v) is 2.23. The number of halogens is 1. The van der Waals surface area contributed by atoms with E-state index >= 15 is 0 Å². The Hall–Kier alpha value is -0.810. The minimum absolute atomic E-state index is 0.163. The summed E-state index contributed by atoms with van der Waals surface area (Å²) in [6, 6.07) is 5.43. The number of thiol groups is 1. The van der Waals surface area contributed by atoms with E-state index in [9.17, 15) is 9.59 Å². The minimum atomic E-state index is -0.734. The van der Waals surface area contributed by atoms with Gasteiger partial charge in [-0.05, 0) is 24.6 Å². The number of ether oxygens (including phenoxy) is 1. The highest BCUT2D eigenvalue weighted by Gasteiger charge is 2.22. The molecule has 0 amide bonds. The Morgan fingerprint density at radius 2 is 2.12 bits per heavy atom. The number of esters is 1. The molecule has 0 N–H and O–H groups in total. The van der Waals surface area contributed by atoms with Crippen LogP contribution in [0.4, 0.5) is 0 Å². The van der Waals surface area contributed by atoms with Gasteiger partial charge in [0.25, 0.3) is 0 Å². The van der Waals surface area contributed by atoms with Crippen LogP contribution < -0.4 is 0 Å². The molecule has 1 aromatic carbocycles. The molecular weight excluding hydrogens is 304 g/mol. The average Bonchev–Trinajstić information content (AvgIpc) is 2.30. The maximum absolute atomic E-state index is 11.8. The summed E-state index contributed by atoms with van der Waals surface area (Å²) in [5.41, 5.74) is 0.837. The summed E-state index contributed by atoms with van der Waals surface area (Å²) in [7, 11) is 1.28. The normalized spacial score (nSPS) is 12.0. The smallest absolute Gasteiger partial charge is 0.315 e. The lowest BCUT2D eigenvalue weighted by atomic mass is 10.00. The van der Waals surface area contributed by atoms with Crippen molar-refractivity contribution in [3.63, 3.8) is 0 Å². The first-order valence-electron chi connectivity index (χ1n) is 5.03. The average molecular weight is 317 g/mol. The Morgan fingerprint density at radius 3 is 2.65 bits per heavy atom. The van der Waals surface area contributed by atoms with Crippen LogP contribution in [0.5, 0.6) is 0 Å². The third-order valence-electron chi connectivity index (χ3n) is 2.44. The van der Waals surface area contributed by atoms with Crippen molar-refractivity contribution in [1.82, 2.24) is 0 Å². The molecule has 1 atom stereocenters. The van der Waals surface area contributed by atoms with Gasteiger partial charge >= 0.3 is 5.97 Å². The van der Waals surface area contributed by atoms with Gasteiger partial charge in [0, 0.05) is 15.8 Å². The molecular formula is C12H13BrO3S. The van der Waals surface area contributed by atoms with Crippen LogP contribution in [0.1, 0.15) is 12.5 Å². The molecule has 0 radical (unpaired) electrons. The van der Waals surface area contributed by atoms with E-state index in [1.807, 2.05) is 12.1 Å². The van der Waals surface area contributed by atoms with Gasteiger partial charge in [-0.1, -0.05) is 22.0 Å². The summed E-state index contributed by atoms with van der Waals surface area (Å²) >= 11 is 7.55. The van der Waals surface area contributed by atoms with Gasteiger partial charge in [-0.3, -0.25) is 9.59 Å². The standard InChI is InChI=1S/C12H13BrO3S/c1-7(12(15)16-2)11(14)5-8-3-4-9(17)6-10(8)13/h3-4,6-7,17H,5H2,1-2H3. The second kappa shape index (κ2) is 6.21. The van der Waals surface area contributed by atoms with Crippen LogP contribution in [0.15, 0.2) is 27.6 Å². The Bertz CT molecular complexity index is 445. The van der Waals surface area contributed by atoms with Crippen molar-refractivity contribution in [2.24, 2.45) is 5.92 Å². The van der Waals surface area contributed by atoms with Crippen molar-refractivity contribution in [1.29, 1.82) is 0 Å². The zero-order valence-corrected chi connectivity index (χ0v) is 12.0. The molecule has 1 aromatic rings. The van der Waals surface area contributed by atoms with E-state index in [-0.39, 0.29) is 12.2 Å². The molecule has 1 unspecified atom stereocenters. The molecule has 17 heavy (non-hydrogen) atoms. The van der Waals surface area contributed by atoms with Crippen LogP contribution in [-0.2, 0) is 20.7 Å². The molecule has 0 saturated carbocycles. The molecule has 0 aromatic heterocycles. The van der Waals surface area contributed by atoms with E-state index in [0.717, 1.165) is 14.9 Å². The van der Waals surface area contributed by atoms with Gasteiger partial charge in [-0.25, -0.2) is 0 Å². The minimum Gasteiger partial charge on any atom is -0.468 e. The van der Waals surface area contributed by atoms with Crippen molar-refractivity contribution < 1.29 is 14.3 Å². The SMILES string of the molecule is COC(=O)C(C)C(=O)Cc1ccc(S)cc1Br. The van der Waals surface area contributed by atoms with Gasteiger partial charge in [-0.15, -0.1) is 12.6 Å². The monoisotopic (exact) mass is 316 g/mol. The van der Waals surface area contributed by atoms with Crippen LogP contribution in [0.25, 0.3) is 0 Å². The first-order chi connectivity index (χ1) is 7.95. The highest BCUT2D eigenvalue weighted by molar-refractivity contribution is 9.10. The second-order valence-electron chi connectivity index (χ2n) is 3.66. The molecule has 0 fully saturated rings.